The van der Waals surface area contributed by atoms with Crippen LogP contribution in [0.3, 0.4) is 0 Å². The molecule has 0 aliphatic carbocycles. The van der Waals surface area contributed by atoms with Gasteiger partial charge < -0.3 is 4.79 Å². The van der Waals surface area contributed by atoms with Gasteiger partial charge >= 0.3 is 0 Å². The van der Waals surface area contributed by atoms with Crippen LogP contribution in [0.1, 0.15) is 105 Å². The Bertz CT molecular complexity index is 323. The van der Waals surface area contributed by atoms with Gasteiger partial charge in [0.1, 0.15) is 6.10 Å². The molecule has 0 aromatic carbocycles. The summed E-state index contributed by atoms with van der Waals surface area (Å²) in [5.74, 6) is 0. The first-order chi connectivity index (χ1) is 10.8. The summed E-state index contributed by atoms with van der Waals surface area (Å²) in [4.78, 5) is 17.6. The summed E-state index contributed by atoms with van der Waals surface area (Å²) in [7, 11) is 0. The van der Waals surface area contributed by atoms with E-state index < -0.39 is 0 Å². The lowest BCUT2D eigenvalue weighted by molar-refractivity contribution is -0.297. The Morgan fingerprint density at radius 3 is 2.00 bits per heavy atom. The maximum absolute atomic E-state index is 11.5. The van der Waals surface area contributed by atoms with Crippen LogP contribution in [0, 0.1) is 0 Å². The Morgan fingerprint density at radius 2 is 1.48 bits per heavy atom. The van der Waals surface area contributed by atoms with E-state index in [-0.39, 0.29) is 17.2 Å². The number of hydroxylamine groups is 2. The molecule has 3 nitrogen and oxygen atoms in total. The van der Waals surface area contributed by atoms with Crippen LogP contribution in [-0.4, -0.2) is 28.5 Å². The number of carbonyl (C=O) groups is 1. The summed E-state index contributed by atoms with van der Waals surface area (Å²) < 4.78 is 0. The lowest BCUT2D eigenvalue weighted by Crippen LogP contribution is -2.59. The molecule has 0 bridgehead atoms. The fourth-order valence-electron chi connectivity index (χ4n) is 3.85. The standard InChI is InChI=1S/C20H39NO2/c1-6-7-8-9-10-11-12-14-18(17-22)23-21-19(2,3)15-13-16-20(21,4)5/h17-18H,6-16H2,1-5H3. The first kappa shape index (κ1) is 20.6. The van der Waals surface area contributed by atoms with Crippen molar-refractivity contribution in [1.29, 1.82) is 0 Å². The second-order valence-electron chi connectivity index (χ2n) is 8.46. The van der Waals surface area contributed by atoms with Crippen molar-refractivity contribution in [3.63, 3.8) is 0 Å². The predicted molar refractivity (Wildman–Crippen MR) is 97.4 cm³/mol. The van der Waals surface area contributed by atoms with Crippen molar-refractivity contribution in [3.8, 4) is 0 Å². The van der Waals surface area contributed by atoms with Gasteiger partial charge in [-0.3, -0.25) is 4.84 Å². The summed E-state index contributed by atoms with van der Waals surface area (Å²) in [6.45, 7) is 11.1. The van der Waals surface area contributed by atoms with Gasteiger partial charge in [-0.05, 0) is 53.4 Å². The smallest absolute Gasteiger partial charge is 0.150 e. The molecule has 0 aromatic heterocycles. The molecule has 1 aliphatic heterocycles. The average Bonchev–Trinajstić information content (AvgIpc) is 2.47. The van der Waals surface area contributed by atoms with Crippen LogP contribution >= 0.6 is 0 Å². The third kappa shape index (κ3) is 6.93. The zero-order valence-corrected chi connectivity index (χ0v) is 16.2. The van der Waals surface area contributed by atoms with Crippen LogP contribution < -0.4 is 0 Å². The van der Waals surface area contributed by atoms with Gasteiger partial charge in [0.15, 0.2) is 6.29 Å². The second-order valence-corrected chi connectivity index (χ2v) is 8.46. The number of unbranched alkanes of at least 4 members (excludes halogenated alkanes) is 6. The molecule has 0 aromatic rings. The van der Waals surface area contributed by atoms with E-state index in [1.165, 1.54) is 44.9 Å². The Kier molecular flexibility index (Phi) is 8.78. The molecular formula is C20H39NO2. The fourth-order valence-corrected chi connectivity index (χ4v) is 3.85. The van der Waals surface area contributed by atoms with E-state index in [4.69, 9.17) is 4.84 Å². The minimum absolute atomic E-state index is 0.00314. The number of piperidine rings is 1. The monoisotopic (exact) mass is 325 g/mol. The highest BCUT2D eigenvalue weighted by Gasteiger charge is 2.43. The molecule has 3 heteroatoms. The van der Waals surface area contributed by atoms with Gasteiger partial charge in [0, 0.05) is 11.1 Å². The molecule has 1 rings (SSSR count). The highest BCUT2D eigenvalue weighted by Crippen LogP contribution is 2.38. The van der Waals surface area contributed by atoms with E-state index in [1.807, 2.05) is 0 Å². The van der Waals surface area contributed by atoms with Crippen molar-refractivity contribution in [2.75, 3.05) is 0 Å². The Balaban J connectivity index is 2.38. The first-order valence-corrected chi connectivity index (χ1v) is 9.76. The average molecular weight is 326 g/mol. The third-order valence-electron chi connectivity index (χ3n) is 5.16. The van der Waals surface area contributed by atoms with E-state index in [2.05, 4.69) is 39.7 Å². The molecule has 0 N–H and O–H groups in total. The third-order valence-corrected chi connectivity index (χ3v) is 5.16. The van der Waals surface area contributed by atoms with E-state index in [9.17, 15) is 4.79 Å². The molecule has 0 saturated carbocycles. The molecule has 1 atom stereocenters. The largest absolute Gasteiger partial charge is 0.300 e. The van der Waals surface area contributed by atoms with E-state index in [0.717, 1.165) is 32.0 Å². The van der Waals surface area contributed by atoms with Crippen molar-refractivity contribution in [2.24, 2.45) is 0 Å². The zero-order chi connectivity index (χ0) is 17.3. The van der Waals surface area contributed by atoms with Crippen molar-refractivity contribution >= 4 is 6.29 Å². The molecule has 0 radical (unpaired) electrons. The number of nitrogens with zero attached hydrogens (tertiary/aromatic N) is 1. The number of hydrogen-bond acceptors (Lipinski definition) is 3. The molecular weight excluding hydrogens is 286 g/mol. The van der Waals surface area contributed by atoms with Crippen molar-refractivity contribution in [1.82, 2.24) is 5.06 Å². The second kappa shape index (κ2) is 9.78. The number of rotatable bonds is 11. The summed E-state index contributed by atoms with van der Waals surface area (Å²) >= 11 is 0. The van der Waals surface area contributed by atoms with Crippen molar-refractivity contribution in [3.05, 3.63) is 0 Å². The van der Waals surface area contributed by atoms with Crippen LogP contribution in [0.4, 0.5) is 0 Å². The maximum atomic E-state index is 11.5. The van der Waals surface area contributed by atoms with Crippen LogP contribution in [0.25, 0.3) is 0 Å². The van der Waals surface area contributed by atoms with Gasteiger partial charge in [0.25, 0.3) is 0 Å². The number of hydrogen-bond donors (Lipinski definition) is 0. The lowest BCUT2D eigenvalue weighted by atomic mass is 9.82. The summed E-state index contributed by atoms with van der Waals surface area (Å²) in [5, 5.41) is 2.11. The van der Waals surface area contributed by atoms with E-state index in [0.29, 0.717) is 0 Å². The lowest BCUT2D eigenvalue weighted by Gasteiger charge is -2.52. The fraction of sp³-hybridized carbons (Fsp3) is 0.950. The Labute approximate surface area is 144 Å². The molecule has 136 valence electrons. The van der Waals surface area contributed by atoms with Crippen LogP contribution in [0.15, 0.2) is 0 Å². The maximum Gasteiger partial charge on any atom is 0.150 e. The Morgan fingerprint density at radius 1 is 0.957 bits per heavy atom. The normalized spacial score (nSPS) is 22.0. The number of aldehydes is 1. The SMILES string of the molecule is CCCCCCCCCC(C=O)ON1C(C)(C)CCCC1(C)C. The van der Waals surface area contributed by atoms with Gasteiger partial charge in [0.2, 0.25) is 0 Å². The van der Waals surface area contributed by atoms with Crippen molar-refractivity contribution in [2.45, 2.75) is 122 Å². The van der Waals surface area contributed by atoms with Gasteiger partial charge in [-0.25, -0.2) is 0 Å². The predicted octanol–water partition coefficient (Wildman–Crippen LogP) is 5.67. The molecule has 1 heterocycles. The van der Waals surface area contributed by atoms with E-state index in [1.54, 1.807) is 0 Å². The zero-order valence-electron chi connectivity index (χ0n) is 16.2. The summed E-state index contributed by atoms with van der Waals surface area (Å²) in [6.07, 6.45) is 13.9. The summed E-state index contributed by atoms with van der Waals surface area (Å²) in [5.41, 5.74) is 0.00627. The van der Waals surface area contributed by atoms with Gasteiger partial charge in [-0.1, -0.05) is 51.9 Å². The van der Waals surface area contributed by atoms with E-state index >= 15 is 0 Å². The minimum Gasteiger partial charge on any atom is -0.300 e. The molecule has 0 spiro atoms. The summed E-state index contributed by atoms with van der Waals surface area (Å²) in [6, 6.07) is 0. The van der Waals surface area contributed by atoms with Gasteiger partial charge in [0.05, 0.1) is 0 Å². The van der Waals surface area contributed by atoms with Crippen molar-refractivity contribution < 1.29 is 9.63 Å². The Hall–Kier alpha value is -0.410. The van der Waals surface area contributed by atoms with Gasteiger partial charge in [-0.15, -0.1) is 0 Å². The number of carbonyl (C=O) groups excluding carboxylic acids is 1. The molecule has 1 saturated heterocycles. The van der Waals surface area contributed by atoms with Gasteiger partial charge in [-0.2, -0.15) is 5.06 Å². The quantitative estimate of drug-likeness (QED) is 0.362. The van der Waals surface area contributed by atoms with Crippen LogP contribution in [0.5, 0.6) is 0 Å². The molecule has 23 heavy (non-hydrogen) atoms. The highest BCUT2D eigenvalue weighted by atomic mass is 16.7. The molecule has 0 amide bonds. The van der Waals surface area contributed by atoms with Crippen LogP contribution in [-0.2, 0) is 9.63 Å². The minimum atomic E-state index is -0.290. The first-order valence-electron chi connectivity index (χ1n) is 9.76. The molecule has 1 unspecified atom stereocenters. The van der Waals surface area contributed by atoms with Crippen LogP contribution in [0.2, 0.25) is 0 Å². The molecule has 1 aliphatic rings. The topological polar surface area (TPSA) is 29.5 Å². The highest BCUT2D eigenvalue weighted by molar-refractivity contribution is 5.55. The molecule has 1 fully saturated rings.